The number of hydrogen-bond acceptors (Lipinski definition) is 6. The average Bonchev–Trinajstić information content (AvgIpc) is 3.17. The van der Waals surface area contributed by atoms with Gasteiger partial charge in [0.2, 0.25) is 11.8 Å². The number of hydrogen-bond donors (Lipinski definition) is 2. The van der Waals surface area contributed by atoms with Crippen molar-refractivity contribution in [3.05, 3.63) is 69.2 Å². The van der Waals surface area contributed by atoms with Gasteiger partial charge in [-0.25, -0.2) is 9.28 Å². The first-order valence-corrected chi connectivity index (χ1v) is 13.8. The van der Waals surface area contributed by atoms with Crippen LogP contribution in [0.1, 0.15) is 45.5 Å². The monoisotopic (exact) mass is 553 g/mol. The fourth-order valence-electron chi connectivity index (χ4n) is 5.73. The Morgan fingerprint density at radius 3 is 2.64 bits per heavy atom. The predicted octanol–water partition coefficient (Wildman–Crippen LogP) is 1.98. The van der Waals surface area contributed by atoms with Gasteiger partial charge in [0.05, 0.1) is 32.2 Å². The molecule has 3 heterocycles. The van der Waals surface area contributed by atoms with Gasteiger partial charge in [-0.05, 0) is 41.3 Å². The van der Waals surface area contributed by atoms with Gasteiger partial charge in [-0.2, -0.15) is 0 Å². The van der Waals surface area contributed by atoms with Gasteiger partial charge in [0.15, 0.2) is 6.04 Å². The Balaban J connectivity index is 1.15. The van der Waals surface area contributed by atoms with Crippen molar-refractivity contribution in [2.24, 2.45) is 0 Å². The fraction of sp³-hybridized carbons (Fsp3) is 0.448. The van der Waals surface area contributed by atoms with Gasteiger partial charge < -0.3 is 10.1 Å². The van der Waals surface area contributed by atoms with Crippen molar-refractivity contribution in [3.63, 3.8) is 0 Å². The largest absolute Gasteiger partial charge is 0.379 e. The normalized spacial score (nSPS) is 23.4. The number of benzene rings is 2. The molecule has 0 saturated carbocycles. The lowest BCUT2D eigenvalue weighted by Crippen LogP contribution is -2.61. The summed E-state index contributed by atoms with van der Waals surface area (Å²) in [6, 6.07) is 10.7. The smallest absolute Gasteiger partial charge is 0.347 e. The standard InChI is InChI=1S/C29H33ClN4O5/c1-34(25-6-7-26(35)32-28(25)37)18-22-14-20(3-5-23(22)29(34)38)17-31-27(36)16-19-2-4-21(24(30)15-19)8-9-33-10-12-39-13-11-33/h2-5,14-15,25H,6-13,16-18H2,1H3,(H-,31,32,35,36,37)/p+1. The molecule has 0 spiro atoms. The van der Waals surface area contributed by atoms with Crippen molar-refractivity contribution in [1.29, 1.82) is 0 Å². The van der Waals surface area contributed by atoms with Crippen molar-refractivity contribution in [3.8, 4) is 0 Å². The first-order chi connectivity index (χ1) is 18.7. The molecule has 4 amide bonds. The number of halogens is 1. The second-order valence-electron chi connectivity index (χ2n) is 10.8. The molecule has 3 aliphatic heterocycles. The number of nitrogens with one attached hydrogen (secondary N) is 2. The van der Waals surface area contributed by atoms with E-state index in [4.69, 9.17) is 16.3 Å². The maximum atomic E-state index is 13.2. The van der Waals surface area contributed by atoms with Crippen LogP contribution in [-0.2, 0) is 45.1 Å². The molecule has 2 saturated heterocycles. The third-order valence-corrected chi connectivity index (χ3v) is 8.39. The van der Waals surface area contributed by atoms with Crippen LogP contribution in [0, 0.1) is 0 Å². The van der Waals surface area contributed by atoms with Crippen LogP contribution in [0.15, 0.2) is 36.4 Å². The maximum absolute atomic E-state index is 13.2. The van der Waals surface area contributed by atoms with Crippen LogP contribution in [0.4, 0.5) is 0 Å². The Bertz CT molecular complexity index is 1310. The van der Waals surface area contributed by atoms with Crippen LogP contribution in [-0.4, -0.2) is 78.9 Å². The third-order valence-electron chi connectivity index (χ3n) is 8.03. The molecule has 3 aliphatic rings. The molecule has 0 radical (unpaired) electrons. The van der Waals surface area contributed by atoms with E-state index in [0.29, 0.717) is 30.1 Å². The number of ether oxygens (including phenoxy) is 1. The molecule has 2 atom stereocenters. The zero-order chi connectivity index (χ0) is 27.6. The average molecular weight is 554 g/mol. The maximum Gasteiger partial charge on any atom is 0.347 e. The van der Waals surface area contributed by atoms with Crippen LogP contribution >= 0.6 is 11.6 Å². The van der Waals surface area contributed by atoms with E-state index in [1.807, 2.05) is 30.3 Å². The number of quaternary nitrogens is 1. The predicted molar refractivity (Wildman–Crippen MR) is 145 cm³/mol. The van der Waals surface area contributed by atoms with Crippen LogP contribution in [0.2, 0.25) is 5.02 Å². The summed E-state index contributed by atoms with van der Waals surface area (Å²) >= 11 is 6.52. The molecular formula is C29H34ClN4O5+. The molecule has 2 N–H and O–H groups in total. The van der Waals surface area contributed by atoms with E-state index in [2.05, 4.69) is 15.5 Å². The number of rotatable bonds is 8. The summed E-state index contributed by atoms with van der Waals surface area (Å²) < 4.78 is 5.32. The highest BCUT2D eigenvalue weighted by atomic mass is 35.5. The summed E-state index contributed by atoms with van der Waals surface area (Å²) in [6.45, 7) is 5.05. The van der Waals surface area contributed by atoms with Gasteiger partial charge in [0, 0.05) is 49.6 Å². The van der Waals surface area contributed by atoms with Crippen LogP contribution in [0.5, 0.6) is 0 Å². The summed E-state index contributed by atoms with van der Waals surface area (Å²) in [5, 5.41) is 5.99. The SMILES string of the molecule is C[N+]1(C2CCC(=O)NC2=O)Cc2cc(CNC(=O)Cc3ccc(CCN4CCOCC4)c(Cl)c3)ccc2C1=O. The van der Waals surface area contributed by atoms with Gasteiger partial charge in [-0.15, -0.1) is 0 Å². The highest BCUT2D eigenvalue weighted by Gasteiger charge is 2.51. The summed E-state index contributed by atoms with van der Waals surface area (Å²) in [5.74, 6) is -0.937. The van der Waals surface area contributed by atoms with E-state index in [-0.39, 0.29) is 35.0 Å². The van der Waals surface area contributed by atoms with E-state index < -0.39 is 11.9 Å². The lowest BCUT2D eigenvalue weighted by molar-refractivity contribution is -0.855. The molecule has 9 nitrogen and oxygen atoms in total. The third kappa shape index (κ3) is 6.06. The number of imide groups is 1. The van der Waals surface area contributed by atoms with Crippen LogP contribution in [0.3, 0.4) is 0 Å². The summed E-state index contributed by atoms with van der Waals surface area (Å²) in [7, 11) is 1.75. The molecule has 2 fully saturated rings. The first-order valence-electron chi connectivity index (χ1n) is 13.4. The van der Waals surface area contributed by atoms with Crippen molar-refractivity contribution in [2.45, 2.75) is 44.8 Å². The lowest BCUT2D eigenvalue weighted by Gasteiger charge is -2.35. The molecule has 2 aromatic carbocycles. The highest BCUT2D eigenvalue weighted by Crippen LogP contribution is 2.34. The van der Waals surface area contributed by atoms with Gasteiger partial charge in [-0.3, -0.25) is 24.6 Å². The van der Waals surface area contributed by atoms with Crippen LogP contribution in [0.25, 0.3) is 0 Å². The number of carbonyl (C=O) groups excluding carboxylic acids is 4. The molecule has 0 aliphatic carbocycles. The zero-order valence-corrected chi connectivity index (χ0v) is 22.9. The Hall–Kier alpha value is -3.11. The molecule has 10 heteroatoms. The molecule has 2 unspecified atom stereocenters. The zero-order valence-electron chi connectivity index (χ0n) is 22.1. The number of amides is 4. The second-order valence-corrected chi connectivity index (χ2v) is 11.2. The van der Waals surface area contributed by atoms with Crippen molar-refractivity contribution in [2.75, 3.05) is 39.9 Å². The number of piperidine rings is 1. The fourth-order valence-corrected chi connectivity index (χ4v) is 6.03. The van der Waals surface area contributed by atoms with Gasteiger partial charge >= 0.3 is 5.91 Å². The molecule has 39 heavy (non-hydrogen) atoms. The van der Waals surface area contributed by atoms with Crippen molar-refractivity contribution >= 4 is 35.2 Å². The van der Waals surface area contributed by atoms with E-state index in [1.54, 1.807) is 13.1 Å². The Morgan fingerprint density at radius 1 is 1.13 bits per heavy atom. The number of nitrogens with zero attached hydrogens (tertiary/aromatic N) is 2. The lowest BCUT2D eigenvalue weighted by atomic mass is 10.0. The van der Waals surface area contributed by atoms with Gasteiger partial charge in [0.1, 0.15) is 6.54 Å². The van der Waals surface area contributed by atoms with Crippen LogP contribution < -0.4 is 10.6 Å². The number of morpholine rings is 1. The van der Waals surface area contributed by atoms with E-state index >= 15 is 0 Å². The minimum absolute atomic E-state index is 0.0759. The van der Waals surface area contributed by atoms with Crippen molar-refractivity contribution < 1.29 is 28.4 Å². The molecule has 206 valence electrons. The van der Waals surface area contributed by atoms with Gasteiger partial charge in [-0.1, -0.05) is 29.8 Å². The van der Waals surface area contributed by atoms with E-state index in [1.165, 1.54) is 0 Å². The quantitative estimate of drug-likeness (QED) is 0.383. The molecule has 0 aromatic heterocycles. The number of likely N-dealkylation sites (N-methyl/N-ethyl adjacent to an activating group) is 1. The van der Waals surface area contributed by atoms with Crippen molar-refractivity contribution in [1.82, 2.24) is 15.5 Å². The first kappa shape index (κ1) is 27.5. The summed E-state index contributed by atoms with van der Waals surface area (Å²) in [4.78, 5) is 52.3. The minimum Gasteiger partial charge on any atom is -0.379 e. The Labute approximate surface area is 233 Å². The second kappa shape index (κ2) is 11.6. The highest BCUT2D eigenvalue weighted by molar-refractivity contribution is 6.31. The Morgan fingerprint density at radius 2 is 1.90 bits per heavy atom. The number of fused-ring (bicyclic) bond motifs is 1. The molecule has 5 rings (SSSR count). The van der Waals surface area contributed by atoms with E-state index in [0.717, 1.165) is 61.5 Å². The molecular weight excluding hydrogens is 520 g/mol. The molecule has 0 bridgehead atoms. The van der Waals surface area contributed by atoms with Gasteiger partial charge in [0.25, 0.3) is 5.91 Å². The minimum atomic E-state index is -0.594. The summed E-state index contributed by atoms with van der Waals surface area (Å²) in [5.41, 5.74) is 4.23. The Kier molecular flexibility index (Phi) is 8.13. The summed E-state index contributed by atoms with van der Waals surface area (Å²) in [6.07, 6.45) is 1.65. The topological polar surface area (TPSA) is 105 Å². The van der Waals surface area contributed by atoms with E-state index in [9.17, 15) is 19.2 Å². The number of carbonyl (C=O) groups is 4. The molecule has 2 aromatic rings.